The van der Waals surface area contributed by atoms with Crippen LogP contribution in [0.2, 0.25) is 0 Å². The molecule has 0 heterocycles. The molecule has 39 heavy (non-hydrogen) atoms. The molecule has 1 atom stereocenters. The number of aliphatic carboxylic acids is 1. The largest absolute Gasteiger partial charge is 0.481 e. The van der Waals surface area contributed by atoms with Crippen LogP contribution in [-0.4, -0.2) is 22.8 Å². The third-order valence-electron chi connectivity index (χ3n) is 8.37. The number of carboxylic acids is 1. The molecule has 0 bridgehead atoms. The Morgan fingerprint density at radius 3 is 1.13 bits per heavy atom. The second-order valence-corrected chi connectivity index (χ2v) is 12.2. The summed E-state index contributed by atoms with van der Waals surface area (Å²) in [5.74, 6) is -0.701. The molecule has 0 radical (unpaired) electrons. The van der Waals surface area contributed by atoms with Crippen LogP contribution in [0.25, 0.3) is 0 Å². The van der Waals surface area contributed by atoms with Gasteiger partial charge in [-0.05, 0) is 44.9 Å². The van der Waals surface area contributed by atoms with Gasteiger partial charge < -0.3 is 10.2 Å². The molecule has 0 fully saturated rings. The minimum Gasteiger partial charge on any atom is -0.481 e. The molecule has 0 amide bonds. The highest BCUT2D eigenvalue weighted by Gasteiger charge is 2.16. The minimum atomic E-state index is -0.577. The standard InChI is InChI=1S/C36H70O3/c1-2-3-4-5-6-7-8-9-10-11-14-17-20-23-26-29-32-35(36(38)39)33-30-27-24-21-18-15-12-13-16-19-22-25-28-31-34-37/h12,15,35,37H,2-11,13-14,16-34H2,1H3,(H,38,39)/b15-12-. The van der Waals surface area contributed by atoms with Crippen molar-refractivity contribution in [3.63, 3.8) is 0 Å². The third kappa shape index (κ3) is 31.6. The van der Waals surface area contributed by atoms with Gasteiger partial charge in [-0.2, -0.15) is 0 Å². The molecule has 0 aliphatic rings. The van der Waals surface area contributed by atoms with Crippen molar-refractivity contribution in [2.24, 2.45) is 5.92 Å². The van der Waals surface area contributed by atoms with Gasteiger partial charge in [0.05, 0.1) is 5.92 Å². The molecule has 0 aliphatic heterocycles. The molecule has 2 N–H and O–H groups in total. The SMILES string of the molecule is CCCCCCCCCCCCCCCCCCC(CCCCCC/C=C\CCCCCCCCO)C(=O)O. The van der Waals surface area contributed by atoms with Gasteiger partial charge in [-0.1, -0.05) is 167 Å². The molecular weight excluding hydrogens is 480 g/mol. The molecule has 0 saturated heterocycles. The first-order chi connectivity index (χ1) is 19.2. The number of hydrogen-bond donors (Lipinski definition) is 2. The zero-order chi connectivity index (χ0) is 28.5. The van der Waals surface area contributed by atoms with Gasteiger partial charge in [-0.3, -0.25) is 4.79 Å². The lowest BCUT2D eigenvalue weighted by molar-refractivity contribution is -0.142. The first kappa shape index (κ1) is 38.2. The number of aliphatic hydroxyl groups excluding tert-OH is 1. The number of unbranched alkanes of at least 4 members (excludes halogenated alkanes) is 25. The fourth-order valence-electron chi connectivity index (χ4n) is 5.65. The second kappa shape index (κ2) is 33.4. The van der Waals surface area contributed by atoms with Crippen LogP contribution >= 0.6 is 0 Å². The van der Waals surface area contributed by atoms with Crippen LogP contribution < -0.4 is 0 Å². The summed E-state index contributed by atoms with van der Waals surface area (Å²) >= 11 is 0. The fraction of sp³-hybridized carbons (Fsp3) is 0.917. The van der Waals surface area contributed by atoms with Crippen molar-refractivity contribution < 1.29 is 15.0 Å². The fourth-order valence-corrected chi connectivity index (χ4v) is 5.65. The van der Waals surface area contributed by atoms with Crippen LogP contribution in [0.5, 0.6) is 0 Å². The minimum absolute atomic E-state index is 0.125. The van der Waals surface area contributed by atoms with E-state index in [1.807, 2.05) is 0 Å². The smallest absolute Gasteiger partial charge is 0.306 e. The molecular formula is C36H70O3. The topological polar surface area (TPSA) is 57.5 Å². The average Bonchev–Trinajstić information content (AvgIpc) is 2.93. The highest BCUT2D eigenvalue weighted by molar-refractivity contribution is 5.69. The van der Waals surface area contributed by atoms with E-state index in [9.17, 15) is 9.90 Å². The van der Waals surface area contributed by atoms with Gasteiger partial charge in [-0.25, -0.2) is 0 Å². The Labute approximate surface area is 245 Å². The summed E-state index contributed by atoms with van der Waals surface area (Å²) in [5.41, 5.74) is 0. The number of hydrogen-bond acceptors (Lipinski definition) is 2. The molecule has 0 aromatic carbocycles. The van der Waals surface area contributed by atoms with Crippen LogP contribution in [0.15, 0.2) is 12.2 Å². The van der Waals surface area contributed by atoms with Gasteiger partial charge in [0.1, 0.15) is 0 Å². The number of allylic oxidation sites excluding steroid dienone is 2. The molecule has 1 unspecified atom stereocenters. The predicted octanol–water partition coefficient (Wildman–Crippen LogP) is 12.0. The zero-order valence-corrected chi connectivity index (χ0v) is 26.5. The molecule has 3 nitrogen and oxygen atoms in total. The van der Waals surface area contributed by atoms with Crippen molar-refractivity contribution in [2.45, 2.75) is 200 Å². The van der Waals surface area contributed by atoms with Crippen LogP contribution in [0, 0.1) is 5.92 Å². The Hall–Kier alpha value is -0.830. The average molecular weight is 551 g/mol. The van der Waals surface area contributed by atoms with Crippen LogP contribution in [0.3, 0.4) is 0 Å². The third-order valence-corrected chi connectivity index (χ3v) is 8.37. The molecule has 0 rings (SSSR count). The molecule has 0 aromatic rings. The Bertz CT molecular complexity index is 502. The highest BCUT2D eigenvalue weighted by atomic mass is 16.4. The van der Waals surface area contributed by atoms with Gasteiger partial charge in [0.15, 0.2) is 0 Å². The number of carbonyl (C=O) groups is 1. The Morgan fingerprint density at radius 2 is 0.795 bits per heavy atom. The maximum absolute atomic E-state index is 11.7. The van der Waals surface area contributed by atoms with E-state index in [4.69, 9.17) is 5.11 Å². The lowest BCUT2D eigenvalue weighted by atomic mass is 9.94. The van der Waals surface area contributed by atoms with Crippen molar-refractivity contribution in [2.75, 3.05) is 6.61 Å². The van der Waals surface area contributed by atoms with E-state index in [2.05, 4.69) is 19.1 Å². The summed E-state index contributed by atoms with van der Waals surface area (Å²) in [6, 6.07) is 0. The Morgan fingerprint density at radius 1 is 0.487 bits per heavy atom. The predicted molar refractivity (Wildman–Crippen MR) is 172 cm³/mol. The maximum atomic E-state index is 11.7. The summed E-state index contributed by atoms with van der Waals surface area (Å²) in [6.45, 7) is 2.62. The van der Waals surface area contributed by atoms with Crippen molar-refractivity contribution in [3.05, 3.63) is 12.2 Å². The van der Waals surface area contributed by atoms with E-state index >= 15 is 0 Å². The summed E-state index contributed by atoms with van der Waals surface area (Å²) in [6.07, 6.45) is 42.6. The van der Waals surface area contributed by atoms with E-state index in [0.717, 1.165) is 38.5 Å². The quantitative estimate of drug-likeness (QED) is 0.0631. The van der Waals surface area contributed by atoms with Gasteiger partial charge >= 0.3 is 5.97 Å². The number of rotatable bonds is 33. The second-order valence-electron chi connectivity index (χ2n) is 12.2. The molecule has 3 heteroatoms. The van der Waals surface area contributed by atoms with Crippen molar-refractivity contribution in [1.82, 2.24) is 0 Å². The highest BCUT2D eigenvalue weighted by Crippen LogP contribution is 2.20. The normalized spacial score (nSPS) is 12.5. The summed E-state index contributed by atoms with van der Waals surface area (Å²) in [7, 11) is 0. The summed E-state index contributed by atoms with van der Waals surface area (Å²) < 4.78 is 0. The molecule has 0 aromatic heterocycles. The zero-order valence-electron chi connectivity index (χ0n) is 26.5. The van der Waals surface area contributed by atoms with E-state index in [1.54, 1.807) is 0 Å². The Balaban J connectivity index is 3.43. The molecule has 0 spiro atoms. The van der Waals surface area contributed by atoms with Crippen molar-refractivity contribution in [1.29, 1.82) is 0 Å². The van der Waals surface area contributed by atoms with Gasteiger partial charge in [0, 0.05) is 6.61 Å². The summed E-state index contributed by atoms with van der Waals surface area (Å²) in [4.78, 5) is 11.7. The monoisotopic (exact) mass is 551 g/mol. The van der Waals surface area contributed by atoms with Crippen LogP contribution in [0.1, 0.15) is 200 Å². The van der Waals surface area contributed by atoms with Crippen molar-refractivity contribution in [3.8, 4) is 0 Å². The lowest BCUT2D eigenvalue weighted by Gasteiger charge is -2.12. The first-order valence-corrected chi connectivity index (χ1v) is 17.7. The van der Waals surface area contributed by atoms with E-state index in [-0.39, 0.29) is 5.92 Å². The number of aliphatic hydroxyl groups is 1. The number of carboxylic acid groups (broad SMARTS) is 1. The van der Waals surface area contributed by atoms with Crippen molar-refractivity contribution >= 4 is 5.97 Å². The Kier molecular flexibility index (Phi) is 32.7. The van der Waals surface area contributed by atoms with E-state index < -0.39 is 5.97 Å². The molecule has 232 valence electrons. The van der Waals surface area contributed by atoms with Gasteiger partial charge in [0.25, 0.3) is 0 Å². The van der Waals surface area contributed by atoms with E-state index in [1.165, 1.54) is 154 Å². The molecule has 0 saturated carbocycles. The van der Waals surface area contributed by atoms with Crippen LogP contribution in [0.4, 0.5) is 0 Å². The van der Waals surface area contributed by atoms with Gasteiger partial charge in [0.2, 0.25) is 0 Å². The summed E-state index contributed by atoms with van der Waals surface area (Å²) in [5, 5.41) is 18.4. The first-order valence-electron chi connectivity index (χ1n) is 17.7. The lowest BCUT2D eigenvalue weighted by Crippen LogP contribution is -2.13. The van der Waals surface area contributed by atoms with E-state index in [0.29, 0.717) is 6.61 Å². The molecule has 0 aliphatic carbocycles. The maximum Gasteiger partial charge on any atom is 0.306 e. The van der Waals surface area contributed by atoms with Crippen LogP contribution in [-0.2, 0) is 4.79 Å². The van der Waals surface area contributed by atoms with Gasteiger partial charge in [-0.15, -0.1) is 0 Å².